The van der Waals surface area contributed by atoms with E-state index in [4.69, 9.17) is 16.6 Å². The molecular weight excluding hydrogens is 372 g/mol. The lowest BCUT2D eigenvalue weighted by molar-refractivity contribution is -0.0424. The van der Waals surface area contributed by atoms with Crippen LogP contribution in [-0.4, -0.2) is 48.9 Å². The van der Waals surface area contributed by atoms with Crippen molar-refractivity contribution in [3.05, 3.63) is 47.1 Å². The van der Waals surface area contributed by atoms with Crippen LogP contribution in [-0.2, 0) is 5.92 Å². The molecule has 8 heteroatoms. The number of halogens is 3. The Hall–Kier alpha value is -1.99. The lowest BCUT2D eigenvalue weighted by atomic mass is 10.0. The summed E-state index contributed by atoms with van der Waals surface area (Å²) in [6.07, 6.45) is 7.18. The van der Waals surface area contributed by atoms with Crippen molar-refractivity contribution >= 4 is 23.8 Å². The van der Waals surface area contributed by atoms with Crippen molar-refractivity contribution in [2.24, 2.45) is 15.9 Å². The van der Waals surface area contributed by atoms with Crippen molar-refractivity contribution in [3.63, 3.8) is 0 Å². The van der Waals surface area contributed by atoms with Gasteiger partial charge in [0.2, 0.25) is 0 Å². The minimum Gasteiger partial charge on any atom is -0.369 e. The zero-order valence-corrected chi connectivity index (χ0v) is 15.5. The van der Waals surface area contributed by atoms with Crippen molar-refractivity contribution in [2.45, 2.75) is 31.0 Å². The summed E-state index contributed by atoms with van der Waals surface area (Å²) < 4.78 is 29.1. The number of benzene rings is 1. The molecule has 0 saturated carbocycles. The second kappa shape index (κ2) is 7.56. The van der Waals surface area contributed by atoms with E-state index in [0.717, 1.165) is 18.7 Å². The average Bonchev–Trinajstić information content (AvgIpc) is 3.13. The van der Waals surface area contributed by atoms with Crippen LogP contribution in [0.1, 0.15) is 18.4 Å². The molecule has 2 N–H and O–H groups in total. The lowest BCUT2D eigenvalue weighted by Gasteiger charge is -2.33. The molecule has 3 aliphatic heterocycles. The SMILES string of the molecule is FC(F)(CN1CCC(N=C2NC=NC3NC=CC23)CC1)c1ccc(Cl)cc1. The number of likely N-dealkylation sites (tertiary alicyclic amines) is 1. The van der Waals surface area contributed by atoms with E-state index in [9.17, 15) is 8.78 Å². The van der Waals surface area contributed by atoms with E-state index >= 15 is 0 Å². The fraction of sp³-hybridized carbons (Fsp3) is 0.474. The summed E-state index contributed by atoms with van der Waals surface area (Å²) in [5, 5.41) is 6.78. The van der Waals surface area contributed by atoms with Gasteiger partial charge in [0.15, 0.2) is 0 Å². The van der Waals surface area contributed by atoms with Gasteiger partial charge in [-0.3, -0.25) is 9.89 Å². The maximum atomic E-state index is 14.5. The number of alkyl halides is 2. The molecule has 144 valence electrons. The molecule has 2 atom stereocenters. The number of rotatable bonds is 4. The summed E-state index contributed by atoms with van der Waals surface area (Å²) in [4.78, 5) is 11.0. The van der Waals surface area contributed by atoms with Gasteiger partial charge in [0.05, 0.1) is 24.8 Å². The average molecular weight is 394 g/mol. The summed E-state index contributed by atoms with van der Waals surface area (Å²) in [6.45, 7) is 0.946. The highest BCUT2D eigenvalue weighted by atomic mass is 35.5. The Balaban J connectivity index is 1.34. The van der Waals surface area contributed by atoms with E-state index in [0.29, 0.717) is 18.1 Å². The van der Waals surface area contributed by atoms with Crippen molar-refractivity contribution < 1.29 is 8.78 Å². The standard InChI is InChI=1S/C19H22ClF2N5/c20-14-3-1-13(2-4-14)19(21,22)11-27-9-6-15(7-10-27)26-18-16-5-8-23-17(16)24-12-25-18/h1-5,8,12,15-17,23H,6-7,9-11H2,(H,24,25,26). The van der Waals surface area contributed by atoms with Crippen LogP contribution in [0.3, 0.4) is 0 Å². The Morgan fingerprint density at radius 2 is 1.96 bits per heavy atom. The normalized spacial score (nSPS) is 27.4. The number of nitrogens with zero attached hydrogens (tertiary/aromatic N) is 3. The second-order valence-corrected chi connectivity index (χ2v) is 7.59. The van der Waals surface area contributed by atoms with Crippen molar-refractivity contribution in [1.29, 1.82) is 0 Å². The molecular formula is C19H22ClF2N5. The largest absolute Gasteiger partial charge is 0.369 e. The Morgan fingerprint density at radius 3 is 2.70 bits per heavy atom. The lowest BCUT2D eigenvalue weighted by Crippen LogP contribution is -2.45. The molecule has 0 aliphatic carbocycles. The zero-order valence-electron chi connectivity index (χ0n) is 14.8. The Kier molecular flexibility index (Phi) is 5.14. The van der Waals surface area contributed by atoms with Gasteiger partial charge < -0.3 is 10.6 Å². The zero-order chi connectivity index (χ0) is 18.9. The van der Waals surface area contributed by atoms with Gasteiger partial charge in [-0.2, -0.15) is 8.78 Å². The van der Waals surface area contributed by atoms with E-state index in [-0.39, 0.29) is 30.2 Å². The summed E-state index contributed by atoms with van der Waals surface area (Å²) in [5.74, 6) is -1.86. The molecule has 3 heterocycles. The number of nitrogens with one attached hydrogen (secondary N) is 2. The monoisotopic (exact) mass is 393 g/mol. The van der Waals surface area contributed by atoms with Crippen LogP contribution < -0.4 is 10.6 Å². The molecule has 27 heavy (non-hydrogen) atoms. The van der Waals surface area contributed by atoms with Gasteiger partial charge >= 0.3 is 0 Å². The third kappa shape index (κ3) is 4.14. The van der Waals surface area contributed by atoms with E-state index < -0.39 is 5.92 Å². The Morgan fingerprint density at radius 1 is 1.22 bits per heavy atom. The molecule has 5 nitrogen and oxygen atoms in total. The maximum Gasteiger partial charge on any atom is 0.285 e. The fourth-order valence-electron chi connectivity index (χ4n) is 3.72. The molecule has 3 aliphatic rings. The number of piperidine rings is 1. The number of aliphatic imine (C=N–C) groups is 2. The van der Waals surface area contributed by atoms with Crippen molar-refractivity contribution in [2.75, 3.05) is 19.6 Å². The molecule has 4 rings (SSSR count). The molecule has 1 aromatic carbocycles. The van der Waals surface area contributed by atoms with Crippen LogP contribution in [0.15, 0.2) is 46.5 Å². The van der Waals surface area contributed by atoms with E-state index in [1.54, 1.807) is 6.34 Å². The van der Waals surface area contributed by atoms with E-state index in [1.165, 1.54) is 24.3 Å². The minimum atomic E-state index is -2.89. The molecule has 0 bridgehead atoms. The first-order valence-electron chi connectivity index (χ1n) is 9.16. The summed E-state index contributed by atoms with van der Waals surface area (Å²) in [7, 11) is 0. The summed E-state index contributed by atoms with van der Waals surface area (Å²) >= 11 is 5.79. The van der Waals surface area contributed by atoms with Crippen molar-refractivity contribution in [1.82, 2.24) is 15.5 Å². The minimum absolute atomic E-state index is 0.00604. The highest BCUT2D eigenvalue weighted by Crippen LogP contribution is 2.31. The highest BCUT2D eigenvalue weighted by molar-refractivity contribution is 6.30. The third-order valence-electron chi connectivity index (χ3n) is 5.24. The summed E-state index contributed by atoms with van der Waals surface area (Å²) in [5.41, 5.74) is 0.00604. The van der Waals surface area contributed by atoms with Crippen LogP contribution in [0.5, 0.6) is 0 Å². The van der Waals surface area contributed by atoms with Crippen LogP contribution in [0.25, 0.3) is 0 Å². The van der Waals surface area contributed by atoms with Crippen LogP contribution in [0.4, 0.5) is 8.78 Å². The first-order valence-corrected chi connectivity index (χ1v) is 9.54. The Bertz CT molecular complexity index is 754. The van der Waals surface area contributed by atoms with Crippen molar-refractivity contribution in [3.8, 4) is 0 Å². The predicted octanol–water partition coefficient (Wildman–Crippen LogP) is 2.99. The maximum absolute atomic E-state index is 14.5. The second-order valence-electron chi connectivity index (χ2n) is 7.15. The number of hydrogen-bond donors (Lipinski definition) is 2. The van der Waals surface area contributed by atoms with Gasteiger partial charge in [0.25, 0.3) is 5.92 Å². The molecule has 1 saturated heterocycles. The first kappa shape index (κ1) is 18.4. The molecule has 1 fully saturated rings. The number of fused-ring (bicyclic) bond motifs is 1. The van der Waals surface area contributed by atoms with Gasteiger partial charge in [-0.15, -0.1) is 0 Å². The summed E-state index contributed by atoms with van der Waals surface area (Å²) in [6, 6.07) is 5.96. The quantitative estimate of drug-likeness (QED) is 0.826. The molecule has 0 amide bonds. The number of amidine groups is 1. The van der Waals surface area contributed by atoms with E-state index in [2.05, 4.69) is 21.7 Å². The van der Waals surface area contributed by atoms with E-state index in [1.807, 2.05) is 11.1 Å². The molecule has 1 aromatic rings. The predicted molar refractivity (Wildman–Crippen MR) is 103 cm³/mol. The first-order chi connectivity index (χ1) is 13.0. The van der Waals surface area contributed by atoms with Gasteiger partial charge in [-0.25, -0.2) is 4.99 Å². The molecule has 2 unspecified atom stereocenters. The van der Waals surface area contributed by atoms with Gasteiger partial charge in [0.1, 0.15) is 12.0 Å². The number of hydrogen-bond acceptors (Lipinski definition) is 4. The van der Waals surface area contributed by atoms with Crippen LogP contribution >= 0.6 is 11.6 Å². The van der Waals surface area contributed by atoms with Crippen LogP contribution in [0.2, 0.25) is 5.02 Å². The molecule has 0 radical (unpaired) electrons. The fourth-order valence-corrected chi connectivity index (χ4v) is 3.84. The van der Waals surface area contributed by atoms with Gasteiger partial charge in [0, 0.05) is 23.7 Å². The third-order valence-corrected chi connectivity index (χ3v) is 5.49. The molecule has 0 spiro atoms. The Labute approximate surface area is 162 Å². The van der Waals surface area contributed by atoms with Gasteiger partial charge in [-0.1, -0.05) is 29.8 Å². The topological polar surface area (TPSA) is 52.0 Å². The van der Waals surface area contributed by atoms with Gasteiger partial charge in [-0.05, 0) is 31.2 Å². The molecule has 0 aromatic heterocycles. The highest BCUT2D eigenvalue weighted by Gasteiger charge is 2.36. The van der Waals surface area contributed by atoms with Crippen LogP contribution in [0, 0.1) is 5.92 Å². The smallest absolute Gasteiger partial charge is 0.285 e.